The van der Waals surface area contributed by atoms with Crippen LogP contribution >= 0.6 is 0 Å². The second-order valence-electron chi connectivity index (χ2n) is 4.91. The summed E-state index contributed by atoms with van der Waals surface area (Å²) in [6, 6.07) is 4.69. The Morgan fingerprint density at radius 3 is 3.00 bits per heavy atom. The van der Waals surface area contributed by atoms with Crippen LogP contribution < -0.4 is 0 Å². The van der Waals surface area contributed by atoms with Crippen LogP contribution in [0.25, 0.3) is 0 Å². The quantitative estimate of drug-likeness (QED) is 0.873. The Morgan fingerprint density at radius 1 is 1.53 bits per heavy atom. The van der Waals surface area contributed by atoms with Gasteiger partial charge in [-0.3, -0.25) is 0 Å². The van der Waals surface area contributed by atoms with Gasteiger partial charge >= 0.3 is 0 Å². The molecule has 0 aliphatic heterocycles. The lowest BCUT2D eigenvalue weighted by molar-refractivity contribution is -0.0262. The molecule has 0 spiro atoms. The summed E-state index contributed by atoms with van der Waals surface area (Å²) >= 11 is 0. The van der Waals surface area contributed by atoms with Gasteiger partial charge in [-0.25, -0.2) is 4.39 Å². The number of rotatable bonds is 4. The average molecular weight is 238 g/mol. The van der Waals surface area contributed by atoms with Gasteiger partial charge in [0.15, 0.2) is 0 Å². The SMILES string of the molecule is COCCC(C)C1(O)CCc2cc(F)ccc21. The molecule has 0 saturated carbocycles. The topological polar surface area (TPSA) is 29.5 Å². The fraction of sp³-hybridized carbons (Fsp3) is 0.571. The third-order valence-electron chi connectivity index (χ3n) is 3.88. The molecule has 0 heterocycles. The number of benzene rings is 1. The Hall–Kier alpha value is -0.930. The van der Waals surface area contributed by atoms with Crippen molar-refractivity contribution in [3.8, 4) is 0 Å². The second-order valence-corrected chi connectivity index (χ2v) is 4.91. The van der Waals surface area contributed by atoms with Gasteiger partial charge in [0.25, 0.3) is 0 Å². The van der Waals surface area contributed by atoms with E-state index >= 15 is 0 Å². The van der Waals surface area contributed by atoms with E-state index in [4.69, 9.17) is 4.74 Å². The van der Waals surface area contributed by atoms with Crippen molar-refractivity contribution >= 4 is 0 Å². The predicted octanol–water partition coefficient (Wildman–Crippen LogP) is 2.63. The number of aryl methyl sites for hydroxylation is 1. The molecule has 0 saturated heterocycles. The molecule has 1 aromatic carbocycles. The highest BCUT2D eigenvalue weighted by molar-refractivity contribution is 5.38. The van der Waals surface area contributed by atoms with Crippen LogP contribution in [0, 0.1) is 11.7 Å². The summed E-state index contributed by atoms with van der Waals surface area (Å²) in [6.07, 6.45) is 2.24. The highest BCUT2D eigenvalue weighted by Gasteiger charge is 2.41. The van der Waals surface area contributed by atoms with E-state index in [2.05, 4.69) is 0 Å². The van der Waals surface area contributed by atoms with Gasteiger partial charge in [0.1, 0.15) is 5.82 Å². The summed E-state index contributed by atoms with van der Waals surface area (Å²) in [5.41, 5.74) is 1.01. The lowest BCUT2D eigenvalue weighted by atomic mass is 9.82. The summed E-state index contributed by atoms with van der Waals surface area (Å²) in [5, 5.41) is 10.8. The molecule has 2 unspecified atom stereocenters. The Labute approximate surface area is 101 Å². The minimum Gasteiger partial charge on any atom is -0.385 e. The minimum atomic E-state index is -0.818. The maximum Gasteiger partial charge on any atom is 0.123 e. The van der Waals surface area contributed by atoms with Crippen LogP contribution in [-0.4, -0.2) is 18.8 Å². The van der Waals surface area contributed by atoms with Crippen molar-refractivity contribution in [3.05, 3.63) is 35.1 Å². The van der Waals surface area contributed by atoms with E-state index in [9.17, 15) is 9.50 Å². The zero-order valence-corrected chi connectivity index (χ0v) is 10.4. The van der Waals surface area contributed by atoms with Crippen molar-refractivity contribution in [2.45, 2.75) is 31.8 Å². The van der Waals surface area contributed by atoms with Crippen LogP contribution in [0.5, 0.6) is 0 Å². The molecular formula is C14H19FO2. The molecule has 0 radical (unpaired) electrons. The number of hydrogen-bond acceptors (Lipinski definition) is 2. The highest BCUT2D eigenvalue weighted by atomic mass is 19.1. The van der Waals surface area contributed by atoms with E-state index in [1.807, 2.05) is 6.92 Å². The zero-order valence-electron chi connectivity index (χ0n) is 10.4. The van der Waals surface area contributed by atoms with Crippen LogP contribution in [-0.2, 0) is 16.8 Å². The summed E-state index contributed by atoms with van der Waals surface area (Å²) in [6.45, 7) is 2.66. The van der Waals surface area contributed by atoms with Crippen molar-refractivity contribution in [1.82, 2.24) is 0 Å². The molecule has 0 amide bonds. The Bertz CT molecular complexity index is 405. The van der Waals surface area contributed by atoms with Crippen molar-refractivity contribution < 1.29 is 14.2 Å². The molecule has 17 heavy (non-hydrogen) atoms. The molecule has 2 nitrogen and oxygen atoms in total. The first-order valence-electron chi connectivity index (χ1n) is 6.08. The van der Waals surface area contributed by atoms with Crippen molar-refractivity contribution in [1.29, 1.82) is 0 Å². The molecule has 1 aliphatic rings. The third kappa shape index (κ3) is 2.22. The maximum atomic E-state index is 13.1. The number of halogens is 1. The van der Waals surface area contributed by atoms with E-state index in [0.29, 0.717) is 13.0 Å². The molecule has 3 heteroatoms. The molecule has 2 atom stereocenters. The first-order chi connectivity index (χ1) is 8.08. The van der Waals surface area contributed by atoms with E-state index < -0.39 is 5.60 Å². The molecule has 0 fully saturated rings. The summed E-state index contributed by atoms with van der Waals surface area (Å²) in [4.78, 5) is 0. The first kappa shape index (κ1) is 12.5. The number of fused-ring (bicyclic) bond motifs is 1. The molecule has 0 bridgehead atoms. The van der Waals surface area contributed by atoms with Gasteiger partial charge in [0.05, 0.1) is 5.60 Å². The molecule has 1 N–H and O–H groups in total. The Kier molecular flexibility index (Phi) is 3.50. The highest BCUT2D eigenvalue weighted by Crippen LogP contribution is 2.43. The van der Waals surface area contributed by atoms with E-state index in [1.165, 1.54) is 12.1 Å². The molecule has 0 aromatic heterocycles. The van der Waals surface area contributed by atoms with Crippen LogP contribution in [0.1, 0.15) is 30.9 Å². The lowest BCUT2D eigenvalue weighted by Crippen LogP contribution is -2.31. The largest absolute Gasteiger partial charge is 0.385 e. The Balaban J connectivity index is 2.24. The molecule has 1 aliphatic carbocycles. The van der Waals surface area contributed by atoms with Gasteiger partial charge in [0.2, 0.25) is 0 Å². The molecule has 2 rings (SSSR count). The summed E-state index contributed by atoms with van der Waals surface area (Å²) in [5.74, 6) is -0.105. The van der Waals surface area contributed by atoms with E-state index in [-0.39, 0.29) is 11.7 Å². The third-order valence-corrected chi connectivity index (χ3v) is 3.88. The van der Waals surface area contributed by atoms with Gasteiger partial charge in [-0.2, -0.15) is 0 Å². The van der Waals surface area contributed by atoms with Crippen LogP contribution in [0.2, 0.25) is 0 Å². The Morgan fingerprint density at radius 2 is 2.29 bits per heavy atom. The molecule has 1 aromatic rings. The molecular weight excluding hydrogens is 219 g/mol. The fourth-order valence-electron chi connectivity index (χ4n) is 2.70. The first-order valence-corrected chi connectivity index (χ1v) is 6.08. The molecule has 94 valence electrons. The predicted molar refractivity (Wildman–Crippen MR) is 64.3 cm³/mol. The van der Waals surface area contributed by atoms with Crippen LogP contribution in [0.4, 0.5) is 4.39 Å². The standard InChI is InChI=1S/C14H19FO2/c1-10(6-8-17-2)14(16)7-5-11-9-12(15)3-4-13(11)14/h3-4,9-10,16H,5-8H2,1-2H3. The second kappa shape index (κ2) is 4.75. The zero-order chi connectivity index (χ0) is 12.5. The van der Waals surface area contributed by atoms with Crippen molar-refractivity contribution in [2.24, 2.45) is 5.92 Å². The smallest absolute Gasteiger partial charge is 0.123 e. The van der Waals surface area contributed by atoms with Gasteiger partial charge in [-0.1, -0.05) is 13.0 Å². The van der Waals surface area contributed by atoms with Crippen molar-refractivity contribution in [3.63, 3.8) is 0 Å². The van der Waals surface area contributed by atoms with E-state index in [0.717, 1.165) is 24.0 Å². The van der Waals surface area contributed by atoms with Gasteiger partial charge in [-0.05, 0) is 48.4 Å². The lowest BCUT2D eigenvalue weighted by Gasteiger charge is -2.31. The number of ether oxygens (including phenoxy) is 1. The van der Waals surface area contributed by atoms with E-state index in [1.54, 1.807) is 13.2 Å². The monoisotopic (exact) mass is 238 g/mol. The average Bonchev–Trinajstić information content (AvgIpc) is 2.64. The van der Waals surface area contributed by atoms with Crippen molar-refractivity contribution in [2.75, 3.05) is 13.7 Å². The van der Waals surface area contributed by atoms with Crippen LogP contribution in [0.15, 0.2) is 18.2 Å². The van der Waals surface area contributed by atoms with Gasteiger partial charge < -0.3 is 9.84 Å². The van der Waals surface area contributed by atoms with Crippen LogP contribution in [0.3, 0.4) is 0 Å². The van der Waals surface area contributed by atoms with Gasteiger partial charge in [0, 0.05) is 13.7 Å². The van der Waals surface area contributed by atoms with Gasteiger partial charge in [-0.15, -0.1) is 0 Å². The normalized spacial score (nSPS) is 24.7. The summed E-state index contributed by atoms with van der Waals surface area (Å²) < 4.78 is 18.2. The summed E-state index contributed by atoms with van der Waals surface area (Å²) in [7, 11) is 1.66. The fourth-order valence-corrected chi connectivity index (χ4v) is 2.70. The number of aliphatic hydroxyl groups is 1. The maximum absolute atomic E-state index is 13.1. The minimum absolute atomic E-state index is 0.120. The number of methoxy groups -OCH3 is 1. The number of hydrogen-bond donors (Lipinski definition) is 1.